The van der Waals surface area contributed by atoms with Crippen molar-refractivity contribution in [1.82, 2.24) is 0 Å². The van der Waals surface area contributed by atoms with E-state index in [1.54, 1.807) is 0 Å². The summed E-state index contributed by atoms with van der Waals surface area (Å²) in [6, 6.07) is 0. The number of carboxylic acids is 1. The second-order valence-electron chi connectivity index (χ2n) is 4.18. The van der Waals surface area contributed by atoms with Crippen molar-refractivity contribution in [1.29, 1.82) is 0 Å². The number of hydrogen-bond acceptors (Lipinski definition) is 1. The maximum absolute atomic E-state index is 10.4. The van der Waals surface area contributed by atoms with Gasteiger partial charge in [-0.25, -0.2) is 0 Å². The van der Waals surface area contributed by atoms with Crippen LogP contribution < -0.4 is 0 Å². The molecule has 1 rings (SSSR count). The molecule has 2 nitrogen and oxygen atoms in total. The fourth-order valence-corrected chi connectivity index (χ4v) is 1.93. The largest absolute Gasteiger partial charge is 0.481 e. The van der Waals surface area contributed by atoms with Gasteiger partial charge >= 0.3 is 5.97 Å². The van der Waals surface area contributed by atoms with Gasteiger partial charge in [-0.2, -0.15) is 0 Å². The molecule has 0 saturated heterocycles. The Kier molecular flexibility index (Phi) is 3.12. The second kappa shape index (κ2) is 3.92. The Morgan fingerprint density at radius 2 is 2.08 bits per heavy atom. The van der Waals surface area contributed by atoms with Crippen LogP contribution in [-0.2, 0) is 4.79 Å². The summed E-state index contributed by atoms with van der Waals surface area (Å²) in [4.78, 5) is 10.4. The zero-order chi connectivity index (χ0) is 9.14. The SMILES string of the molecule is CC(C)C(CCC(=O)O)C1CC1. The van der Waals surface area contributed by atoms with Crippen molar-refractivity contribution in [2.45, 2.75) is 39.5 Å². The van der Waals surface area contributed by atoms with Gasteiger partial charge in [0.1, 0.15) is 0 Å². The third-order valence-electron chi connectivity index (χ3n) is 2.78. The van der Waals surface area contributed by atoms with Gasteiger partial charge in [0.2, 0.25) is 0 Å². The van der Waals surface area contributed by atoms with Crippen LogP contribution >= 0.6 is 0 Å². The summed E-state index contributed by atoms with van der Waals surface area (Å²) in [6.07, 6.45) is 3.86. The van der Waals surface area contributed by atoms with Crippen LogP contribution in [0.4, 0.5) is 0 Å². The summed E-state index contributed by atoms with van der Waals surface area (Å²) in [5.41, 5.74) is 0. The fourth-order valence-electron chi connectivity index (χ4n) is 1.93. The molecule has 70 valence electrons. The van der Waals surface area contributed by atoms with Crippen LogP contribution in [0.3, 0.4) is 0 Å². The van der Waals surface area contributed by atoms with Crippen LogP contribution in [0.25, 0.3) is 0 Å². The maximum Gasteiger partial charge on any atom is 0.303 e. The van der Waals surface area contributed by atoms with Gasteiger partial charge in [-0.15, -0.1) is 0 Å². The predicted octanol–water partition coefficient (Wildman–Crippen LogP) is 2.53. The first-order chi connectivity index (χ1) is 5.61. The van der Waals surface area contributed by atoms with E-state index in [1.807, 2.05) is 0 Å². The molecule has 0 aliphatic heterocycles. The molecule has 12 heavy (non-hydrogen) atoms. The Morgan fingerprint density at radius 3 is 2.42 bits per heavy atom. The van der Waals surface area contributed by atoms with Crippen LogP contribution in [0.5, 0.6) is 0 Å². The van der Waals surface area contributed by atoms with Gasteiger partial charge in [0, 0.05) is 6.42 Å². The number of aliphatic carboxylic acids is 1. The van der Waals surface area contributed by atoms with Gasteiger partial charge in [-0.1, -0.05) is 13.8 Å². The van der Waals surface area contributed by atoms with E-state index >= 15 is 0 Å². The molecule has 1 aliphatic rings. The first kappa shape index (κ1) is 9.56. The van der Waals surface area contributed by atoms with Crippen molar-refractivity contribution in [3.05, 3.63) is 0 Å². The lowest BCUT2D eigenvalue weighted by Gasteiger charge is -2.18. The Bertz CT molecular complexity index is 157. The van der Waals surface area contributed by atoms with Gasteiger partial charge < -0.3 is 5.11 Å². The maximum atomic E-state index is 10.4. The third-order valence-corrected chi connectivity index (χ3v) is 2.78. The highest BCUT2D eigenvalue weighted by Gasteiger charge is 2.32. The van der Waals surface area contributed by atoms with E-state index in [9.17, 15) is 4.79 Å². The molecule has 1 atom stereocenters. The first-order valence-electron chi connectivity index (χ1n) is 4.83. The highest BCUT2D eigenvalue weighted by Crippen LogP contribution is 2.42. The predicted molar refractivity (Wildman–Crippen MR) is 47.9 cm³/mol. The summed E-state index contributed by atoms with van der Waals surface area (Å²) in [5, 5.41) is 8.55. The molecular weight excluding hydrogens is 152 g/mol. The molecule has 2 heteroatoms. The van der Waals surface area contributed by atoms with Crippen LogP contribution in [0.1, 0.15) is 39.5 Å². The quantitative estimate of drug-likeness (QED) is 0.688. The van der Waals surface area contributed by atoms with Crippen LogP contribution in [0.15, 0.2) is 0 Å². The summed E-state index contributed by atoms with van der Waals surface area (Å²) < 4.78 is 0. The molecule has 0 aromatic rings. The van der Waals surface area contributed by atoms with Crippen molar-refractivity contribution in [3.63, 3.8) is 0 Å². The average molecular weight is 170 g/mol. The molecule has 1 fully saturated rings. The van der Waals surface area contributed by atoms with E-state index < -0.39 is 5.97 Å². The average Bonchev–Trinajstić information content (AvgIpc) is 2.69. The Morgan fingerprint density at radius 1 is 1.50 bits per heavy atom. The molecule has 0 heterocycles. The minimum absolute atomic E-state index is 0.347. The van der Waals surface area contributed by atoms with Crippen LogP contribution in [-0.4, -0.2) is 11.1 Å². The Balaban J connectivity index is 2.28. The third kappa shape index (κ3) is 2.84. The second-order valence-corrected chi connectivity index (χ2v) is 4.18. The van der Waals surface area contributed by atoms with E-state index in [1.165, 1.54) is 12.8 Å². The highest BCUT2D eigenvalue weighted by atomic mass is 16.4. The number of hydrogen-bond donors (Lipinski definition) is 1. The zero-order valence-electron chi connectivity index (χ0n) is 7.92. The molecule has 1 unspecified atom stereocenters. The van der Waals surface area contributed by atoms with E-state index in [4.69, 9.17) is 5.11 Å². The minimum atomic E-state index is -0.652. The highest BCUT2D eigenvalue weighted by molar-refractivity contribution is 5.66. The van der Waals surface area contributed by atoms with E-state index in [2.05, 4.69) is 13.8 Å². The van der Waals surface area contributed by atoms with E-state index in [-0.39, 0.29) is 0 Å². The van der Waals surface area contributed by atoms with E-state index in [0.29, 0.717) is 18.3 Å². The molecule has 0 radical (unpaired) electrons. The Hall–Kier alpha value is -0.530. The van der Waals surface area contributed by atoms with Crippen LogP contribution in [0.2, 0.25) is 0 Å². The standard InChI is InChI=1S/C10H18O2/c1-7(2)9(8-3-4-8)5-6-10(11)12/h7-9H,3-6H2,1-2H3,(H,11,12). The molecular formula is C10H18O2. The summed E-state index contributed by atoms with van der Waals surface area (Å²) in [7, 11) is 0. The van der Waals surface area contributed by atoms with Gasteiger partial charge in [-0.3, -0.25) is 4.79 Å². The van der Waals surface area contributed by atoms with Crippen molar-refractivity contribution < 1.29 is 9.90 Å². The first-order valence-corrected chi connectivity index (χ1v) is 4.83. The topological polar surface area (TPSA) is 37.3 Å². The zero-order valence-corrected chi connectivity index (χ0v) is 7.92. The molecule has 0 aromatic carbocycles. The lowest BCUT2D eigenvalue weighted by atomic mass is 9.87. The van der Waals surface area contributed by atoms with Gasteiger partial charge in [0.25, 0.3) is 0 Å². The molecule has 1 aliphatic carbocycles. The Labute approximate surface area is 74.0 Å². The summed E-state index contributed by atoms with van der Waals surface area (Å²) >= 11 is 0. The number of carboxylic acid groups (broad SMARTS) is 1. The number of rotatable bonds is 5. The molecule has 0 amide bonds. The fraction of sp³-hybridized carbons (Fsp3) is 0.900. The summed E-state index contributed by atoms with van der Waals surface area (Å²) in [5.74, 6) is 1.49. The van der Waals surface area contributed by atoms with Gasteiger partial charge in [0.15, 0.2) is 0 Å². The molecule has 0 spiro atoms. The van der Waals surface area contributed by atoms with Crippen molar-refractivity contribution in [2.75, 3.05) is 0 Å². The molecule has 0 aromatic heterocycles. The summed E-state index contributed by atoms with van der Waals surface area (Å²) in [6.45, 7) is 4.40. The van der Waals surface area contributed by atoms with Crippen LogP contribution in [0, 0.1) is 17.8 Å². The van der Waals surface area contributed by atoms with Crippen molar-refractivity contribution in [2.24, 2.45) is 17.8 Å². The minimum Gasteiger partial charge on any atom is -0.481 e. The normalized spacial score (nSPS) is 19.6. The van der Waals surface area contributed by atoms with Crippen molar-refractivity contribution >= 4 is 5.97 Å². The lowest BCUT2D eigenvalue weighted by Crippen LogP contribution is -2.12. The molecule has 0 bridgehead atoms. The van der Waals surface area contributed by atoms with Gasteiger partial charge in [0.05, 0.1) is 0 Å². The van der Waals surface area contributed by atoms with Gasteiger partial charge in [-0.05, 0) is 37.0 Å². The number of carbonyl (C=O) groups is 1. The molecule has 1 saturated carbocycles. The lowest BCUT2D eigenvalue weighted by molar-refractivity contribution is -0.137. The van der Waals surface area contributed by atoms with E-state index in [0.717, 1.165) is 12.3 Å². The monoisotopic (exact) mass is 170 g/mol. The van der Waals surface area contributed by atoms with Crippen molar-refractivity contribution in [3.8, 4) is 0 Å². The molecule has 1 N–H and O–H groups in total. The smallest absolute Gasteiger partial charge is 0.303 e.